The molecule has 0 spiro atoms. The average Bonchev–Trinajstić information content (AvgIpc) is 3.11. The lowest BCUT2D eigenvalue weighted by molar-refractivity contribution is 0.0792. The maximum Gasteiger partial charge on any atom is 0.260 e. The third kappa shape index (κ3) is 2.19. The van der Waals surface area contributed by atoms with Crippen molar-refractivity contribution >= 4 is 39.0 Å². The highest BCUT2D eigenvalue weighted by Crippen LogP contribution is 2.36. The van der Waals surface area contributed by atoms with Crippen molar-refractivity contribution in [3.63, 3.8) is 0 Å². The zero-order chi connectivity index (χ0) is 14.4. The molecule has 0 bridgehead atoms. The number of rotatable bonds is 2. The summed E-state index contributed by atoms with van der Waals surface area (Å²) in [6.45, 7) is 2.05. The lowest BCUT2D eigenvalue weighted by atomic mass is 10.1. The quantitative estimate of drug-likeness (QED) is 0.923. The Hall–Kier alpha value is -1.34. The van der Waals surface area contributed by atoms with Crippen molar-refractivity contribution in [3.8, 4) is 0 Å². The van der Waals surface area contributed by atoms with E-state index in [0.717, 1.165) is 40.3 Å². The molecule has 0 saturated heterocycles. The fraction of sp³-hybridized carbons (Fsp3) is 0.500. The van der Waals surface area contributed by atoms with E-state index >= 15 is 0 Å². The Morgan fingerprint density at radius 1 is 1.48 bits per heavy atom. The number of aryl methyl sites for hydroxylation is 1. The van der Waals surface area contributed by atoms with Gasteiger partial charge in [0.15, 0.2) is 11.9 Å². The highest BCUT2D eigenvalue weighted by Gasteiger charge is 2.26. The largest absolute Gasteiger partial charge is 0.384 e. The molecule has 110 valence electrons. The van der Waals surface area contributed by atoms with E-state index in [0.29, 0.717) is 12.2 Å². The zero-order valence-electron chi connectivity index (χ0n) is 11.6. The van der Waals surface area contributed by atoms with Crippen molar-refractivity contribution in [2.45, 2.75) is 38.0 Å². The van der Waals surface area contributed by atoms with E-state index in [1.54, 1.807) is 11.3 Å². The Balaban J connectivity index is 1.78. The van der Waals surface area contributed by atoms with Crippen molar-refractivity contribution in [3.05, 3.63) is 26.6 Å². The van der Waals surface area contributed by atoms with Crippen LogP contribution in [0.1, 0.15) is 42.1 Å². The van der Waals surface area contributed by atoms with E-state index in [1.165, 1.54) is 10.4 Å². The number of fused-ring (bicyclic) bond motifs is 3. The Kier molecular flexibility index (Phi) is 3.26. The van der Waals surface area contributed by atoms with Crippen LogP contribution in [0.4, 0.5) is 0 Å². The molecule has 2 aliphatic rings. The van der Waals surface area contributed by atoms with Crippen LogP contribution in [-0.2, 0) is 17.0 Å². The number of thioether (sulfide) groups is 1. The smallest absolute Gasteiger partial charge is 0.260 e. The minimum atomic E-state index is -0.245. The van der Waals surface area contributed by atoms with E-state index in [-0.39, 0.29) is 11.7 Å². The first kappa shape index (κ1) is 13.3. The Morgan fingerprint density at radius 2 is 2.38 bits per heavy atom. The summed E-state index contributed by atoms with van der Waals surface area (Å²) < 4.78 is 0. The van der Waals surface area contributed by atoms with Crippen molar-refractivity contribution in [2.24, 2.45) is 5.16 Å². The summed E-state index contributed by atoms with van der Waals surface area (Å²) >= 11 is 3.57. The lowest BCUT2D eigenvalue weighted by Gasteiger charge is -2.10. The molecule has 2 aromatic rings. The van der Waals surface area contributed by atoms with Crippen LogP contribution in [0.3, 0.4) is 0 Å². The second-order valence-corrected chi connectivity index (χ2v) is 7.44. The van der Waals surface area contributed by atoms with E-state index in [1.807, 2.05) is 11.8 Å². The first-order valence-electron chi connectivity index (χ1n) is 7.10. The van der Waals surface area contributed by atoms with Gasteiger partial charge in [-0.3, -0.25) is 4.79 Å². The zero-order valence-corrected chi connectivity index (χ0v) is 13.3. The van der Waals surface area contributed by atoms with E-state index < -0.39 is 0 Å². The molecule has 0 radical (unpaired) electrons. The molecule has 7 heteroatoms. The van der Waals surface area contributed by atoms with Gasteiger partial charge in [-0.15, -0.1) is 11.3 Å². The molecule has 0 aromatic carbocycles. The molecular formula is C14H15N3O2S2. The monoisotopic (exact) mass is 321 g/mol. The van der Waals surface area contributed by atoms with Gasteiger partial charge in [-0.05, 0) is 24.2 Å². The minimum Gasteiger partial charge on any atom is -0.384 e. The van der Waals surface area contributed by atoms with Crippen molar-refractivity contribution in [2.75, 3.05) is 5.75 Å². The molecule has 4 rings (SSSR count). The summed E-state index contributed by atoms with van der Waals surface area (Å²) in [6, 6.07) is 0. The van der Waals surface area contributed by atoms with Crippen LogP contribution in [0.5, 0.6) is 0 Å². The number of hydrogen-bond acceptors (Lipinski definition) is 6. The van der Waals surface area contributed by atoms with Gasteiger partial charge in [-0.2, -0.15) is 11.8 Å². The molecule has 2 aromatic heterocycles. The third-order valence-corrected chi connectivity index (χ3v) is 6.23. The first-order valence-corrected chi connectivity index (χ1v) is 9.07. The fourth-order valence-corrected chi connectivity index (χ4v) is 5.14. The van der Waals surface area contributed by atoms with Gasteiger partial charge in [0.05, 0.1) is 11.1 Å². The number of hydrogen-bond donors (Lipinski definition) is 1. The van der Waals surface area contributed by atoms with Crippen LogP contribution in [-0.4, -0.2) is 21.4 Å². The lowest BCUT2D eigenvalue weighted by Crippen LogP contribution is -2.15. The molecule has 1 unspecified atom stereocenters. The summed E-state index contributed by atoms with van der Waals surface area (Å²) in [5, 5.41) is 4.83. The highest BCUT2D eigenvalue weighted by atomic mass is 32.2. The molecule has 5 nitrogen and oxygen atoms in total. The van der Waals surface area contributed by atoms with Crippen LogP contribution in [0, 0.1) is 0 Å². The molecule has 0 fully saturated rings. The summed E-state index contributed by atoms with van der Waals surface area (Å²) in [6.07, 6.45) is 2.30. The number of nitrogens with zero attached hydrogens (tertiary/aromatic N) is 2. The van der Waals surface area contributed by atoms with Crippen molar-refractivity contribution in [1.29, 1.82) is 0 Å². The van der Waals surface area contributed by atoms with Gasteiger partial charge in [-0.25, -0.2) is 4.98 Å². The number of thiophene rings is 1. The Bertz CT molecular complexity index is 793. The number of aromatic nitrogens is 2. The number of oxime groups is 1. The number of aromatic amines is 1. The van der Waals surface area contributed by atoms with Crippen molar-refractivity contribution < 1.29 is 4.84 Å². The van der Waals surface area contributed by atoms with Crippen LogP contribution >= 0.6 is 23.1 Å². The summed E-state index contributed by atoms with van der Waals surface area (Å²) in [4.78, 5) is 27.6. The third-order valence-electron chi connectivity index (χ3n) is 3.94. The van der Waals surface area contributed by atoms with Gasteiger partial charge in [0, 0.05) is 17.1 Å². The molecule has 21 heavy (non-hydrogen) atoms. The minimum absolute atomic E-state index is 0.0343. The van der Waals surface area contributed by atoms with Crippen LogP contribution in [0.2, 0.25) is 0 Å². The van der Waals surface area contributed by atoms with Gasteiger partial charge in [0.25, 0.3) is 5.56 Å². The van der Waals surface area contributed by atoms with E-state index in [4.69, 9.17) is 4.84 Å². The molecule has 1 atom stereocenters. The Morgan fingerprint density at radius 3 is 3.19 bits per heavy atom. The second-order valence-electron chi connectivity index (χ2n) is 5.25. The Labute approximate surface area is 129 Å². The predicted octanol–water partition coefficient (Wildman–Crippen LogP) is 3.00. The van der Waals surface area contributed by atoms with Crippen molar-refractivity contribution in [1.82, 2.24) is 9.97 Å². The molecule has 1 N–H and O–H groups in total. The molecule has 2 aliphatic heterocycles. The van der Waals surface area contributed by atoms with Crippen LogP contribution < -0.4 is 5.56 Å². The van der Waals surface area contributed by atoms with Gasteiger partial charge in [0.2, 0.25) is 0 Å². The summed E-state index contributed by atoms with van der Waals surface area (Å²) in [7, 11) is 0. The summed E-state index contributed by atoms with van der Waals surface area (Å²) in [5.74, 6) is 2.68. The van der Waals surface area contributed by atoms with Gasteiger partial charge >= 0.3 is 0 Å². The maximum absolute atomic E-state index is 12.5. The number of H-pyrrole nitrogens is 1. The van der Waals surface area contributed by atoms with Crippen LogP contribution in [0.25, 0.3) is 10.2 Å². The average molecular weight is 321 g/mol. The van der Waals surface area contributed by atoms with Gasteiger partial charge < -0.3 is 9.82 Å². The summed E-state index contributed by atoms with van der Waals surface area (Å²) in [5.41, 5.74) is 2.18. The molecule has 0 aliphatic carbocycles. The van der Waals surface area contributed by atoms with E-state index in [9.17, 15) is 4.79 Å². The molecule has 0 amide bonds. The maximum atomic E-state index is 12.5. The number of nitrogens with one attached hydrogen (secondary N) is 1. The second kappa shape index (κ2) is 5.14. The topological polar surface area (TPSA) is 67.3 Å². The predicted molar refractivity (Wildman–Crippen MR) is 86.3 cm³/mol. The first-order chi connectivity index (χ1) is 10.3. The SMILES string of the molecule is CCC1=NOC(c2nc3sc4c(c3c(=O)[nH]2)CCSC4)C1. The van der Waals surface area contributed by atoms with Gasteiger partial charge in [-0.1, -0.05) is 12.1 Å². The molecule has 0 saturated carbocycles. The normalized spacial score (nSPS) is 21.2. The van der Waals surface area contributed by atoms with E-state index in [2.05, 4.69) is 22.0 Å². The molecule has 4 heterocycles. The van der Waals surface area contributed by atoms with Crippen LogP contribution in [0.15, 0.2) is 9.95 Å². The standard InChI is InChI=1S/C14H15N3O2S2/c1-2-7-5-9(19-17-7)12-15-13(18)11-8-3-4-20-6-10(8)21-14(11)16-12/h9H,2-6H2,1H3,(H,15,16,18). The fourth-order valence-electron chi connectivity index (χ4n) is 2.78. The highest BCUT2D eigenvalue weighted by molar-refractivity contribution is 7.98. The van der Waals surface area contributed by atoms with Gasteiger partial charge in [0.1, 0.15) is 4.83 Å². The molecular weight excluding hydrogens is 306 g/mol.